The molecule has 3 aliphatic carbocycles. The molecule has 2 aromatic carbocycles. The van der Waals surface area contributed by atoms with Gasteiger partial charge in [0.05, 0.1) is 0 Å². The highest BCUT2D eigenvalue weighted by molar-refractivity contribution is 5.80. The molecule has 2 fully saturated rings. The van der Waals surface area contributed by atoms with Crippen LogP contribution in [0.2, 0.25) is 0 Å². The number of rotatable bonds is 5. The van der Waals surface area contributed by atoms with Crippen LogP contribution in [0.5, 0.6) is 0 Å². The highest BCUT2D eigenvalue weighted by atomic mass is 14.3. The minimum Gasteiger partial charge on any atom is -0.0992 e. The maximum absolute atomic E-state index is 4.35. The smallest absolute Gasteiger partial charge is 0.00392 e. The fraction of sp³-hybridized carbons (Fsp3) is 0.455. The highest BCUT2D eigenvalue weighted by Crippen LogP contribution is 2.43. The first kappa shape index (κ1) is 22.5. The maximum atomic E-state index is 4.35. The van der Waals surface area contributed by atoms with Crippen molar-refractivity contribution in [2.45, 2.75) is 78.6 Å². The van der Waals surface area contributed by atoms with E-state index in [9.17, 15) is 0 Å². The molecule has 0 amide bonds. The summed E-state index contributed by atoms with van der Waals surface area (Å²) < 4.78 is 0. The number of fused-ring (bicyclic) bond motifs is 1. The van der Waals surface area contributed by atoms with Crippen LogP contribution in [0.3, 0.4) is 0 Å². The Morgan fingerprint density at radius 3 is 2.33 bits per heavy atom. The summed E-state index contributed by atoms with van der Waals surface area (Å²) in [6, 6.07) is 11.8. The van der Waals surface area contributed by atoms with E-state index in [1.54, 1.807) is 11.1 Å². The van der Waals surface area contributed by atoms with Gasteiger partial charge in [0, 0.05) is 5.92 Å². The molecule has 33 heavy (non-hydrogen) atoms. The highest BCUT2D eigenvalue weighted by Gasteiger charge is 2.27. The summed E-state index contributed by atoms with van der Waals surface area (Å²) in [5.41, 5.74) is 14.7. The van der Waals surface area contributed by atoms with Crippen LogP contribution in [-0.2, 0) is 12.8 Å². The van der Waals surface area contributed by atoms with Gasteiger partial charge in [-0.05, 0) is 104 Å². The summed E-state index contributed by atoms with van der Waals surface area (Å²) in [6.45, 7) is 15.7. The van der Waals surface area contributed by atoms with Crippen LogP contribution in [0.4, 0.5) is 0 Å². The predicted molar refractivity (Wildman–Crippen MR) is 143 cm³/mol. The monoisotopic (exact) mass is 436 g/mol. The summed E-state index contributed by atoms with van der Waals surface area (Å²) in [7, 11) is 0. The quantitative estimate of drug-likeness (QED) is 0.410. The molecule has 0 radical (unpaired) electrons. The van der Waals surface area contributed by atoms with Crippen LogP contribution in [0.25, 0.3) is 17.2 Å². The van der Waals surface area contributed by atoms with Gasteiger partial charge in [0.15, 0.2) is 0 Å². The van der Waals surface area contributed by atoms with E-state index in [-0.39, 0.29) is 0 Å². The molecule has 172 valence electrons. The van der Waals surface area contributed by atoms with Crippen molar-refractivity contribution in [3.05, 3.63) is 88.0 Å². The number of hydrogen-bond donors (Lipinski definition) is 0. The molecule has 3 aliphatic rings. The molecular weight excluding hydrogens is 396 g/mol. The third-order valence-electron chi connectivity index (χ3n) is 8.73. The van der Waals surface area contributed by atoms with Crippen molar-refractivity contribution in [1.29, 1.82) is 0 Å². The van der Waals surface area contributed by atoms with E-state index in [0.717, 1.165) is 37.5 Å². The molecule has 0 atom stereocenters. The Labute approximate surface area is 201 Å². The van der Waals surface area contributed by atoms with Crippen molar-refractivity contribution >= 4 is 6.08 Å². The third-order valence-corrected chi connectivity index (χ3v) is 8.73. The molecule has 0 saturated heterocycles. The van der Waals surface area contributed by atoms with Crippen molar-refractivity contribution in [3.63, 3.8) is 0 Å². The number of benzene rings is 2. The van der Waals surface area contributed by atoms with E-state index in [4.69, 9.17) is 0 Å². The first-order valence-corrected chi connectivity index (χ1v) is 13.2. The second-order valence-electron chi connectivity index (χ2n) is 11.4. The summed E-state index contributed by atoms with van der Waals surface area (Å²) in [5, 5.41) is 0. The van der Waals surface area contributed by atoms with Crippen molar-refractivity contribution in [1.82, 2.24) is 0 Å². The van der Waals surface area contributed by atoms with Crippen LogP contribution in [-0.4, -0.2) is 0 Å². The average Bonchev–Trinajstić information content (AvgIpc) is 3.34. The summed E-state index contributed by atoms with van der Waals surface area (Å²) in [6.07, 6.45) is 13.7. The van der Waals surface area contributed by atoms with Crippen molar-refractivity contribution in [3.8, 4) is 11.1 Å². The van der Waals surface area contributed by atoms with E-state index in [1.807, 2.05) is 0 Å². The molecule has 5 rings (SSSR count). The lowest BCUT2D eigenvalue weighted by Gasteiger charge is -2.28. The molecule has 0 N–H and O–H groups in total. The number of hydrogen-bond acceptors (Lipinski definition) is 0. The lowest BCUT2D eigenvalue weighted by molar-refractivity contribution is 0.289. The van der Waals surface area contributed by atoms with E-state index >= 15 is 0 Å². The fourth-order valence-electron chi connectivity index (χ4n) is 6.66. The Balaban J connectivity index is 1.45. The molecule has 2 saturated carbocycles. The molecule has 0 heterocycles. The average molecular weight is 437 g/mol. The lowest BCUT2D eigenvalue weighted by atomic mass is 9.77. The summed E-state index contributed by atoms with van der Waals surface area (Å²) in [4.78, 5) is 0. The van der Waals surface area contributed by atoms with Gasteiger partial charge in [0.2, 0.25) is 0 Å². The van der Waals surface area contributed by atoms with Gasteiger partial charge in [-0.15, -0.1) is 0 Å². The first-order valence-electron chi connectivity index (χ1n) is 13.2. The molecule has 0 unspecified atom stereocenters. The molecule has 0 bridgehead atoms. The van der Waals surface area contributed by atoms with Crippen LogP contribution in [0.1, 0.15) is 79.7 Å². The van der Waals surface area contributed by atoms with Gasteiger partial charge >= 0.3 is 0 Å². The minimum absolute atomic E-state index is 0.486. The Hall–Kier alpha value is -2.34. The van der Waals surface area contributed by atoms with Gasteiger partial charge in [-0.1, -0.05) is 91.6 Å². The fourth-order valence-corrected chi connectivity index (χ4v) is 6.66. The molecule has 2 aromatic rings. The van der Waals surface area contributed by atoms with Gasteiger partial charge in [-0.25, -0.2) is 0 Å². The first-order chi connectivity index (χ1) is 15.9. The molecule has 0 aromatic heterocycles. The van der Waals surface area contributed by atoms with Gasteiger partial charge in [0.1, 0.15) is 0 Å². The molecule has 0 aliphatic heterocycles. The molecule has 0 heteroatoms. The molecule has 0 nitrogen and oxygen atoms in total. The van der Waals surface area contributed by atoms with Gasteiger partial charge in [0.25, 0.3) is 0 Å². The van der Waals surface area contributed by atoms with Gasteiger partial charge in [-0.2, -0.15) is 0 Å². The van der Waals surface area contributed by atoms with Crippen molar-refractivity contribution in [2.75, 3.05) is 0 Å². The SMILES string of the molecule is C=C1CCC(=C)C1CC1=Cc2cccc(-c3cc(C)cc(C)c3CC3CCC(C)CC3)c2C1. The van der Waals surface area contributed by atoms with Crippen LogP contribution >= 0.6 is 0 Å². The second-order valence-corrected chi connectivity index (χ2v) is 11.4. The van der Waals surface area contributed by atoms with E-state index < -0.39 is 0 Å². The zero-order valence-electron chi connectivity index (χ0n) is 21.0. The zero-order chi connectivity index (χ0) is 23.1. The predicted octanol–water partition coefficient (Wildman–Crippen LogP) is 9.19. The van der Waals surface area contributed by atoms with Gasteiger partial charge in [-0.3, -0.25) is 0 Å². The molecule has 0 spiro atoms. The Morgan fingerprint density at radius 1 is 0.879 bits per heavy atom. The zero-order valence-corrected chi connectivity index (χ0v) is 21.0. The van der Waals surface area contributed by atoms with Crippen molar-refractivity contribution in [2.24, 2.45) is 17.8 Å². The maximum Gasteiger partial charge on any atom is 0.00392 e. The summed E-state index contributed by atoms with van der Waals surface area (Å²) in [5.74, 6) is 2.24. The summed E-state index contributed by atoms with van der Waals surface area (Å²) >= 11 is 0. The Kier molecular flexibility index (Phi) is 6.21. The van der Waals surface area contributed by atoms with E-state index in [1.165, 1.54) is 76.6 Å². The Morgan fingerprint density at radius 2 is 1.61 bits per heavy atom. The second kappa shape index (κ2) is 9.13. The minimum atomic E-state index is 0.486. The van der Waals surface area contributed by atoms with E-state index in [2.05, 4.69) is 70.3 Å². The normalized spacial score (nSPS) is 23.2. The van der Waals surface area contributed by atoms with Crippen LogP contribution in [0.15, 0.2) is 60.2 Å². The largest absolute Gasteiger partial charge is 0.0992 e. The number of allylic oxidation sites excluding steroid dienone is 3. The topological polar surface area (TPSA) is 0 Å². The number of aryl methyl sites for hydroxylation is 2. The van der Waals surface area contributed by atoms with Crippen LogP contribution < -0.4 is 0 Å². The standard InChI is InChI=1S/C33H40/c1-21-9-13-26(14-10-21)18-31-25(5)15-22(2)16-33(31)29-8-6-7-28-17-27(20-32(28)29)19-30-23(3)11-12-24(30)4/h6-8,15-17,21,26,30H,3-4,9-14,18-20H2,1-2,5H3. The lowest BCUT2D eigenvalue weighted by Crippen LogP contribution is -2.15. The van der Waals surface area contributed by atoms with Crippen molar-refractivity contribution < 1.29 is 0 Å². The van der Waals surface area contributed by atoms with Gasteiger partial charge < -0.3 is 0 Å². The van der Waals surface area contributed by atoms with E-state index in [0.29, 0.717) is 5.92 Å². The van der Waals surface area contributed by atoms with Crippen LogP contribution in [0, 0.1) is 31.6 Å². The molecular formula is C33H40. The Bertz CT molecular complexity index is 1100. The third kappa shape index (κ3) is 4.54.